The molecule has 0 aromatic rings. The second-order valence-electron chi connectivity index (χ2n) is 4.81. The maximum absolute atomic E-state index is 11.8. The zero-order chi connectivity index (χ0) is 13.6. The van der Waals surface area contributed by atoms with E-state index in [-0.39, 0.29) is 6.54 Å². The lowest BCUT2D eigenvalue weighted by Crippen LogP contribution is -2.53. The van der Waals surface area contributed by atoms with E-state index in [1.807, 2.05) is 0 Å². The third-order valence-electron chi connectivity index (χ3n) is 2.33. The summed E-state index contributed by atoms with van der Waals surface area (Å²) in [6, 6.07) is -1.39. The van der Waals surface area contributed by atoms with Crippen LogP contribution < -0.4 is 5.32 Å². The summed E-state index contributed by atoms with van der Waals surface area (Å²) in [6.45, 7) is 7.64. The summed E-state index contributed by atoms with van der Waals surface area (Å²) in [4.78, 5) is 24.2. The number of carbonyl (C=O) groups excluding carboxylic acids is 1. The van der Waals surface area contributed by atoms with Crippen molar-refractivity contribution in [3.63, 3.8) is 0 Å². The van der Waals surface area contributed by atoms with Crippen molar-refractivity contribution in [1.82, 2.24) is 10.2 Å². The fraction of sp³-hybridized carbons (Fsp3) is 0.667. The second-order valence-corrected chi connectivity index (χ2v) is 4.81. The Kier molecular flexibility index (Phi) is 5.52. The summed E-state index contributed by atoms with van der Waals surface area (Å²) in [7, 11) is 0. The highest BCUT2D eigenvalue weighted by Crippen LogP contribution is 2.19. The van der Waals surface area contributed by atoms with Crippen LogP contribution in [0.2, 0.25) is 0 Å². The van der Waals surface area contributed by atoms with E-state index < -0.39 is 23.5 Å². The van der Waals surface area contributed by atoms with Crippen molar-refractivity contribution in [3.8, 4) is 12.3 Å². The van der Waals surface area contributed by atoms with Gasteiger partial charge in [0.05, 0.1) is 6.54 Å². The fourth-order valence-electron chi connectivity index (χ4n) is 1.30. The number of rotatable bonds is 4. The summed E-state index contributed by atoms with van der Waals surface area (Å²) >= 11 is 0. The highest BCUT2D eigenvalue weighted by atomic mass is 16.4. The Hall–Kier alpha value is -1.70. The molecule has 17 heavy (non-hydrogen) atoms. The van der Waals surface area contributed by atoms with Gasteiger partial charge in [-0.15, -0.1) is 6.42 Å². The molecule has 0 unspecified atom stereocenters. The van der Waals surface area contributed by atoms with Crippen LogP contribution in [0.3, 0.4) is 0 Å². The smallest absolute Gasteiger partial charge is 0.326 e. The van der Waals surface area contributed by atoms with Crippen molar-refractivity contribution in [2.24, 2.45) is 5.41 Å². The molecule has 0 aromatic heterocycles. The number of hydrogen-bond donors (Lipinski definition) is 2. The van der Waals surface area contributed by atoms with Crippen LogP contribution >= 0.6 is 0 Å². The lowest BCUT2D eigenvalue weighted by atomic mass is 9.87. The average molecular weight is 240 g/mol. The molecular formula is C12H20N2O3. The minimum Gasteiger partial charge on any atom is -0.480 e. The molecule has 5 nitrogen and oxygen atoms in total. The van der Waals surface area contributed by atoms with Crippen LogP contribution in [0.5, 0.6) is 0 Å². The zero-order valence-corrected chi connectivity index (χ0v) is 10.8. The Bertz CT molecular complexity index is 326. The minimum absolute atomic E-state index is 0.165. The van der Waals surface area contributed by atoms with Crippen LogP contribution in [0.1, 0.15) is 27.7 Å². The molecule has 1 atom stereocenters. The first-order valence-electron chi connectivity index (χ1n) is 5.45. The Morgan fingerprint density at radius 2 is 2.00 bits per heavy atom. The molecule has 0 aliphatic rings. The predicted molar refractivity (Wildman–Crippen MR) is 65.5 cm³/mol. The number of nitrogens with one attached hydrogen (secondary N) is 1. The van der Waals surface area contributed by atoms with Crippen molar-refractivity contribution >= 4 is 12.0 Å². The second kappa shape index (κ2) is 6.14. The maximum Gasteiger partial charge on any atom is 0.326 e. The number of terminal acetylenes is 1. The number of nitrogens with zero attached hydrogens (tertiary/aromatic N) is 1. The Balaban J connectivity index is 4.73. The van der Waals surface area contributed by atoms with Crippen LogP contribution in [0, 0.1) is 17.8 Å². The quantitative estimate of drug-likeness (QED) is 0.724. The first kappa shape index (κ1) is 15.3. The van der Waals surface area contributed by atoms with Gasteiger partial charge in [-0.05, 0) is 12.3 Å². The number of amides is 2. The highest BCUT2D eigenvalue weighted by molar-refractivity contribution is 5.83. The predicted octanol–water partition coefficient (Wildman–Crippen LogP) is 1.15. The number of aliphatic carboxylic acids is 1. The maximum atomic E-state index is 11.8. The molecule has 0 bridgehead atoms. The molecule has 2 N–H and O–H groups in total. The highest BCUT2D eigenvalue weighted by Gasteiger charge is 2.33. The van der Waals surface area contributed by atoms with Crippen molar-refractivity contribution in [1.29, 1.82) is 0 Å². The first-order chi connectivity index (χ1) is 7.73. The lowest BCUT2D eigenvalue weighted by Gasteiger charge is -2.30. The monoisotopic (exact) mass is 240 g/mol. The molecule has 5 heteroatoms. The van der Waals surface area contributed by atoms with Gasteiger partial charge in [-0.25, -0.2) is 9.59 Å². The Morgan fingerprint density at radius 1 is 1.47 bits per heavy atom. The van der Waals surface area contributed by atoms with E-state index in [0.29, 0.717) is 6.54 Å². The minimum atomic E-state index is -1.05. The largest absolute Gasteiger partial charge is 0.480 e. The molecule has 96 valence electrons. The van der Waals surface area contributed by atoms with E-state index in [4.69, 9.17) is 11.5 Å². The summed E-state index contributed by atoms with van der Waals surface area (Å²) in [5.74, 6) is 1.31. The summed E-state index contributed by atoms with van der Waals surface area (Å²) in [5.41, 5.74) is -0.558. The van der Waals surface area contributed by atoms with E-state index in [0.717, 1.165) is 0 Å². The summed E-state index contributed by atoms with van der Waals surface area (Å²) in [5, 5.41) is 11.6. The third kappa shape index (κ3) is 4.77. The molecule has 2 amide bonds. The van der Waals surface area contributed by atoms with Gasteiger partial charge in [-0.2, -0.15) is 0 Å². The SMILES string of the molecule is C#CCN(CC)C(=O)N[C@@H](C(=O)O)C(C)(C)C. The van der Waals surface area contributed by atoms with Gasteiger partial charge in [-0.3, -0.25) is 0 Å². The van der Waals surface area contributed by atoms with Gasteiger partial charge < -0.3 is 15.3 Å². The van der Waals surface area contributed by atoms with Crippen LogP contribution in [0.25, 0.3) is 0 Å². The van der Waals surface area contributed by atoms with E-state index >= 15 is 0 Å². The number of hydrogen-bond acceptors (Lipinski definition) is 2. The van der Waals surface area contributed by atoms with Gasteiger partial charge in [0, 0.05) is 6.54 Å². The average Bonchev–Trinajstić information content (AvgIpc) is 2.19. The number of carbonyl (C=O) groups is 2. The molecule has 0 aromatic carbocycles. The molecular weight excluding hydrogens is 220 g/mol. The van der Waals surface area contributed by atoms with E-state index in [2.05, 4.69) is 11.2 Å². The van der Waals surface area contributed by atoms with Gasteiger partial charge >= 0.3 is 12.0 Å². The van der Waals surface area contributed by atoms with Crippen LogP contribution in [-0.2, 0) is 4.79 Å². The zero-order valence-electron chi connectivity index (χ0n) is 10.8. The number of carboxylic acids is 1. The van der Waals surface area contributed by atoms with Crippen molar-refractivity contribution in [2.45, 2.75) is 33.7 Å². The lowest BCUT2D eigenvalue weighted by molar-refractivity contribution is -0.142. The topological polar surface area (TPSA) is 69.6 Å². The van der Waals surface area contributed by atoms with Crippen LogP contribution in [-0.4, -0.2) is 41.1 Å². The number of carboxylic acid groups (broad SMARTS) is 1. The first-order valence-corrected chi connectivity index (χ1v) is 5.45. The van der Waals surface area contributed by atoms with Crippen molar-refractivity contribution in [2.75, 3.05) is 13.1 Å². The molecule has 0 rings (SSSR count). The third-order valence-corrected chi connectivity index (χ3v) is 2.33. The van der Waals surface area contributed by atoms with E-state index in [9.17, 15) is 9.59 Å². The summed E-state index contributed by atoms with van der Waals surface area (Å²) < 4.78 is 0. The van der Waals surface area contributed by atoms with Crippen molar-refractivity contribution < 1.29 is 14.7 Å². The molecule has 0 saturated heterocycles. The number of urea groups is 1. The molecule has 0 saturated carbocycles. The fourth-order valence-corrected chi connectivity index (χ4v) is 1.30. The summed E-state index contributed by atoms with van der Waals surface area (Å²) in [6.07, 6.45) is 5.13. The molecule has 0 spiro atoms. The van der Waals surface area contributed by atoms with E-state index in [1.54, 1.807) is 27.7 Å². The van der Waals surface area contributed by atoms with Gasteiger partial charge in [-0.1, -0.05) is 26.7 Å². The standard InChI is InChI=1S/C12H20N2O3/c1-6-8-14(7-2)11(17)13-9(10(15)16)12(3,4)5/h1,9H,7-8H2,2-5H3,(H,13,17)(H,15,16)/t9-/m0/s1. The Labute approximate surface area is 102 Å². The van der Waals surface area contributed by atoms with Gasteiger partial charge in [0.25, 0.3) is 0 Å². The molecule has 0 aliphatic heterocycles. The van der Waals surface area contributed by atoms with Crippen LogP contribution in [0.15, 0.2) is 0 Å². The van der Waals surface area contributed by atoms with Gasteiger partial charge in [0.2, 0.25) is 0 Å². The van der Waals surface area contributed by atoms with E-state index in [1.165, 1.54) is 4.90 Å². The van der Waals surface area contributed by atoms with Gasteiger partial charge in [0.15, 0.2) is 0 Å². The molecule has 0 heterocycles. The van der Waals surface area contributed by atoms with Crippen LogP contribution in [0.4, 0.5) is 4.79 Å². The van der Waals surface area contributed by atoms with Gasteiger partial charge in [0.1, 0.15) is 6.04 Å². The van der Waals surface area contributed by atoms with Crippen molar-refractivity contribution in [3.05, 3.63) is 0 Å². The Morgan fingerprint density at radius 3 is 2.29 bits per heavy atom. The normalized spacial score (nSPS) is 12.4. The molecule has 0 radical (unpaired) electrons. The molecule has 0 aliphatic carbocycles. The molecule has 0 fully saturated rings.